The highest BCUT2D eigenvalue weighted by atomic mass is 35.5. The van der Waals surface area contributed by atoms with E-state index in [9.17, 15) is 4.79 Å². The Labute approximate surface area is 122 Å². The minimum atomic E-state index is -0.0823. The second kappa shape index (κ2) is 5.80. The minimum Gasteiger partial charge on any atom is -0.287 e. The summed E-state index contributed by atoms with van der Waals surface area (Å²) in [7, 11) is 0. The second-order valence-electron chi connectivity index (χ2n) is 4.41. The molecule has 0 bridgehead atoms. The third-order valence-corrected chi connectivity index (χ3v) is 3.88. The number of rotatable bonds is 4. The van der Waals surface area contributed by atoms with Gasteiger partial charge in [-0.2, -0.15) is 5.10 Å². The van der Waals surface area contributed by atoms with Crippen molar-refractivity contribution in [2.75, 3.05) is 6.26 Å². The molecule has 0 N–H and O–H groups in total. The minimum absolute atomic E-state index is 0.0823. The fraction of sp³-hybridized carbons (Fsp3) is 0.286. The van der Waals surface area contributed by atoms with Crippen LogP contribution in [0.3, 0.4) is 0 Å². The van der Waals surface area contributed by atoms with Crippen molar-refractivity contribution in [2.24, 2.45) is 0 Å². The molecule has 2 rings (SSSR count). The number of nitrogens with zero attached hydrogens (tertiary/aromatic N) is 2. The van der Waals surface area contributed by atoms with E-state index in [1.54, 1.807) is 16.4 Å². The Kier molecular flexibility index (Phi) is 4.32. The van der Waals surface area contributed by atoms with Gasteiger partial charge in [0.05, 0.1) is 11.2 Å². The summed E-state index contributed by atoms with van der Waals surface area (Å²) in [5, 5.41) is 4.57. The number of hydrogen-bond acceptors (Lipinski definition) is 3. The Hall–Kier alpha value is -1.26. The van der Waals surface area contributed by atoms with Crippen LogP contribution in [0.25, 0.3) is 0 Å². The summed E-state index contributed by atoms with van der Waals surface area (Å²) in [6.07, 6.45) is 3.48. The van der Waals surface area contributed by atoms with Crippen molar-refractivity contribution in [1.82, 2.24) is 9.78 Å². The van der Waals surface area contributed by atoms with Crippen molar-refractivity contribution in [1.29, 1.82) is 0 Å². The first kappa shape index (κ1) is 14.2. The molecular weight excluding hydrogens is 280 g/mol. The highest BCUT2D eigenvalue weighted by Gasteiger charge is 2.22. The third-order valence-electron chi connectivity index (χ3n) is 2.81. The van der Waals surface area contributed by atoms with Gasteiger partial charge in [0, 0.05) is 16.5 Å². The molecule has 19 heavy (non-hydrogen) atoms. The maximum absolute atomic E-state index is 12.7. The zero-order chi connectivity index (χ0) is 14.0. The molecule has 0 atom stereocenters. The van der Waals surface area contributed by atoms with Crippen LogP contribution in [-0.4, -0.2) is 21.8 Å². The average molecular weight is 295 g/mol. The topological polar surface area (TPSA) is 34.9 Å². The van der Waals surface area contributed by atoms with Crippen LogP contribution < -0.4 is 0 Å². The molecule has 1 aromatic carbocycles. The molecule has 1 aromatic heterocycles. The molecule has 0 unspecified atom stereocenters. The Balaban J connectivity index is 2.53. The van der Waals surface area contributed by atoms with Crippen LogP contribution in [0.5, 0.6) is 0 Å². The van der Waals surface area contributed by atoms with Gasteiger partial charge in [0.2, 0.25) is 5.78 Å². The van der Waals surface area contributed by atoms with E-state index in [0.29, 0.717) is 16.3 Å². The molecule has 0 amide bonds. The van der Waals surface area contributed by atoms with Gasteiger partial charge in [-0.05, 0) is 32.2 Å². The SMILES string of the molecule is CSc1ccccc1C(=O)c1c(Cl)cnn1C(C)C. The Bertz CT molecular complexity index is 607. The van der Waals surface area contributed by atoms with Gasteiger partial charge in [0.1, 0.15) is 5.69 Å². The van der Waals surface area contributed by atoms with E-state index in [-0.39, 0.29) is 11.8 Å². The molecular formula is C14H15ClN2OS. The van der Waals surface area contributed by atoms with Crippen molar-refractivity contribution in [2.45, 2.75) is 24.8 Å². The Morgan fingerprint density at radius 1 is 1.37 bits per heavy atom. The zero-order valence-electron chi connectivity index (χ0n) is 11.1. The molecule has 0 spiro atoms. The molecule has 100 valence electrons. The van der Waals surface area contributed by atoms with Gasteiger partial charge in [0.15, 0.2) is 0 Å². The summed E-state index contributed by atoms with van der Waals surface area (Å²) in [5.41, 5.74) is 1.12. The molecule has 0 saturated carbocycles. The van der Waals surface area contributed by atoms with Crippen molar-refractivity contribution in [3.8, 4) is 0 Å². The van der Waals surface area contributed by atoms with Crippen LogP contribution in [0, 0.1) is 0 Å². The fourth-order valence-electron chi connectivity index (χ4n) is 1.91. The monoisotopic (exact) mass is 294 g/mol. The van der Waals surface area contributed by atoms with E-state index in [2.05, 4.69) is 5.10 Å². The number of aromatic nitrogens is 2. The quantitative estimate of drug-likeness (QED) is 0.630. The summed E-state index contributed by atoms with van der Waals surface area (Å²) in [6, 6.07) is 7.62. The highest BCUT2D eigenvalue weighted by Crippen LogP contribution is 2.27. The maximum atomic E-state index is 12.7. The van der Waals surface area contributed by atoms with Crippen LogP contribution in [0.1, 0.15) is 35.9 Å². The van der Waals surface area contributed by atoms with E-state index >= 15 is 0 Å². The average Bonchev–Trinajstić information content (AvgIpc) is 2.80. The van der Waals surface area contributed by atoms with Gasteiger partial charge in [-0.3, -0.25) is 9.48 Å². The lowest BCUT2D eigenvalue weighted by Crippen LogP contribution is -2.14. The van der Waals surface area contributed by atoms with Crippen molar-refractivity contribution >= 4 is 29.1 Å². The summed E-state index contributed by atoms with van der Waals surface area (Å²) in [5.74, 6) is -0.0823. The van der Waals surface area contributed by atoms with Gasteiger partial charge in [0.25, 0.3) is 0 Å². The normalized spacial score (nSPS) is 11.0. The van der Waals surface area contributed by atoms with E-state index in [1.807, 2.05) is 44.4 Å². The first-order chi connectivity index (χ1) is 9.06. The van der Waals surface area contributed by atoms with Crippen molar-refractivity contribution in [3.05, 3.63) is 46.7 Å². The smallest absolute Gasteiger partial charge is 0.213 e. The summed E-state index contributed by atoms with van der Waals surface area (Å²) in [4.78, 5) is 13.6. The van der Waals surface area contributed by atoms with Crippen LogP contribution in [0.4, 0.5) is 0 Å². The molecule has 1 heterocycles. The lowest BCUT2D eigenvalue weighted by Gasteiger charge is -2.12. The molecule has 0 saturated heterocycles. The number of halogens is 1. The molecule has 0 aliphatic heterocycles. The second-order valence-corrected chi connectivity index (χ2v) is 5.66. The van der Waals surface area contributed by atoms with Gasteiger partial charge < -0.3 is 0 Å². The molecule has 0 aliphatic carbocycles. The molecule has 2 aromatic rings. The lowest BCUT2D eigenvalue weighted by atomic mass is 10.1. The van der Waals surface area contributed by atoms with Gasteiger partial charge in [-0.25, -0.2) is 0 Å². The molecule has 0 aliphatic rings. The van der Waals surface area contributed by atoms with Crippen LogP contribution in [0.2, 0.25) is 5.02 Å². The van der Waals surface area contributed by atoms with Gasteiger partial charge >= 0.3 is 0 Å². The fourth-order valence-corrected chi connectivity index (χ4v) is 2.72. The van der Waals surface area contributed by atoms with Crippen molar-refractivity contribution < 1.29 is 4.79 Å². The number of thioether (sulfide) groups is 1. The third kappa shape index (κ3) is 2.69. The van der Waals surface area contributed by atoms with Crippen molar-refractivity contribution in [3.63, 3.8) is 0 Å². The molecule has 5 heteroatoms. The van der Waals surface area contributed by atoms with Gasteiger partial charge in [-0.1, -0.05) is 23.7 Å². The number of ketones is 1. The first-order valence-electron chi connectivity index (χ1n) is 5.97. The zero-order valence-corrected chi connectivity index (χ0v) is 12.6. The summed E-state index contributed by atoms with van der Waals surface area (Å²) >= 11 is 7.67. The number of carbonyl (C=O) groups excluding carboxylic acids is 1. The largest absolute Gasteiger partial charge is 0.287 e. The molecule has 0 fully saturated rings. The standard InChI is InChI=1S/C14H15ClN2OS/c1-9(2)17-13(11(15)8-16-17)14(18)10-6-4-5-7-12(10)19-3/h4-9H,1-3H3. The van der Waals surface area contributed by atoms with E-state index < -0.39 is 0 Å². The summed E-state index contributed by atoms with van der Waals surface area (Å²) < 4.78 is 1.67. The highest BCUT2D eigenvalue weighted by molar-refractivity contribution is 7.98. The van der Waals surface area contributed by atoms with Crippen LogP contribution in [-0.2, 0) is 0 Å². The predicted molar refractivity (Wildman–Crippen MR) is 79.3 cm³/mol. The first-order valence-corrected chi connectivity index (χ1v) is 7.57. The van der Waals surface area contributed by atoms with Crippen LogP contribution >= 0.6 is 23.4 Å². The molecule has 3 nitrogen and oxygen atoms in total. The number of benzene rings is 1. The summed E-state index contributed by atoms with van der Waals surface area (Å²) in [6.45, 7) is 3.95. The van der Waals surface area contributed by atoms with E-state index in [4.69, 9.17) is 11.6 Å². The van der Waals surface area contributed by atoms with E-state index in [0.717, 1.165) is 4.90 Å². The Morgan fingerprint density at radius 3 is 2.68 bits per heavy atom. The lowest BCUT2D eigenvalue weighted by molar-refractivity contribution is 0.102. The number of carbonyl (C=O) groups is 1. The van der Waals surface area contributed by atoms with Crippen LogP contribution in [0.15, 0.2) is 35.4 Å². The van der Waals surface area contributed by atoms with E-state index in [1.165, 1.54) is 6.20 Å². The van der Waals surface area contributed by atoms with Gasteiger partial charge in [-0.15, -0.1) is 11.8 Å². The maximum Gasteiger partial charge on any atom is 0.213 e. The number of hydrogen-bond donors (Lipinski definition) is 0. The Morgan fingerprint density at radius 2 is 2.05 bits per heavy atom. The molecule has 0 radical (unpaired) electrons. The predicted octanol–water partition coefficient (Wildman–Crippen LogP) is 4.07.